The lowest BCUT2D eigenvalue weighted by Gasteiger charge is -2.21. The Morgan fingerprint density at radius 2 is 0.740 bits per heavy atom. The van der Waals surface area contributed by atoms with E-state index in [1.807, 2.05) is 0 Å². The molecule has 0 radical (unpaired) electrons. The molecule has 0 saturated carbocycles. The van der Waals surface area contributed by atoms with Crippen LogP contribution in [0, 0.1) is 0 Å². The number of unbranched alkanes of at least 4 members (excludes halogenated alkanes) is 3. The van der Waals surface area contributed by atoms with E-state index >= 15 is 0 Å². The fraction of sp³-hybridized carbons (Fsp3) is 0.396. The van der Waals surface area contributed by atoms with Crippen molar-refractivity contribution in [3.8, 4) is 23.0 Å². The van der Waals surface area contributed by atoms with Crippen LogP contribution in [-0.4, -0.2) is 119 Å². The summed E-state index contributed by atoms with van der Waals surface area (Å²) >= 11 is 0. The topological polar surface area (TPSA) is 388 Å². The van der Waals surface area contributed by atoms with Gasteiger partial charge in [-0.25, -0.2) is 0 Å². The van der Waals surface area contributed by atoms with Crippen molar-refractivity contribution in [2.75, 3.05) is 69.3 Å². The molecule has 24 heteroatoms. The molecule has 77 heavy (non-hydrogen) atoms. The first kappa shape index (κ1) is 61.2. The van der Waals surface area contributed by atoms with Crippen LogP contribution in [-0.2, 0) is 19.2 Å². The number of nitrogens with two attached hydrogens (primary N) is 5. The minimum Gasteiger partial charge on any atom is -0.496 e. The van der Waals surface area contributed by atoms with E-state index in [4.69, 9.17) is 47.6 Å². The number of methoxy groups -OCH3 is 4. The van der Waals surface area contributed by atoms with E-state index in [2.05, 4.69) is 37.2 Å². The largest absolute Gasteiger partial charge is 0.496 e. The third-order valence-corrected chi connectivity index (χ3v) is 12.1. The smallest absolute Gasteiger partial charge is 0.255 e. The van der Waals surface area contributed by atoms with Gasteiger partial charge in [-0.1, -0.05) is 6.42 Å². The van der Waals surface area contributed by atoms with Crippen molar-refractivity contribution < 1.29 is 57.3 Å². The molecule has 4 rings (SSSR count). The summed E-state index contributed by atoms with van der Waals surface area (Å²) in [4.78, 5) is 107. The van der Waals surface area contributed by atoms with Gasteiger partial charge < -0.3 is 84.8 Å². The van der Waals surface area contributed by atoms with Crippen LogP contribution < -0.4 is 84.8 Å². The van der Waals surface area contributed by atoms with Crippen LogP contribution >= 0.6 is 0 Å². The van der Waals surface area contributed by atoms with Crippen molar-refractivity contribution in [2.45, 2.75) is 88.9 Å². The van der Waals surface area contributed by atoms with Crippen molar-refractivity contribution in [2.24, 2.45) is 28.7 Å². The zero-order valence-corrected chi connectivity index (χ0v) is 44.0. The van der Waals surface area contributed by atoms with Gasteiger partial charge in [0.15, 0.2) is 0 Å². The molecule has 0 heterocycles. The van der Waals surface area contributed by atoms with Crippen molar-refractivity contribution in [1.29, 1.82) is 0 Å². The number of carbonyl (C=O) groups is 8. The zero-order chi connectivity index (χ0) is 56.6. The summed E-state index contributed by atoms with van der Waals surface area (Å²) in [6.45, 7) is 2.59. The minimum absolute atomic E-state index is 0.0331. The predicted molar refractivity (Wildman–Crippen MR) is 291 cm³/mol. The highest BCUT2D eigenvalue weighted by Gasteiger charge is 2.28. The van der Waals surface area contributed by atoms with Gasteiger partial charge in [0.1, 0.15) is 41.1 Å². The third-order valence-electron chi connectivity index (χ3n) is 12.1. The summed E-state index contributed by atoms with van der Waals surface area (Å²) in [5.74, 6) is -4.66. The number of carbonyl (C=O) groups excluding carboxylic acids is 8. The van der Waals surface area contributed by atoms with E-state index in [0.29, 0.717) is 64.6 Å². The van der Waals surface area contributed by atoms with E-state index < -0.39 is 71.4 Å². The summed E-state index contributed by atoms with van der Waals surface area (Å²) in [5, 5.41) is 19.0. The number of rotatable bonds is 31. The molecule has 24 nitrogen and oxygen atoms in total. The SMILES string of the molecule is COc1ccc(NC(=O)[C@H](CCCCN)NC(=O)c2cc(NC(=O)[C@H](C)NC(=O)c3cc(NC(=O)[C@H](CCCCN)NC(=O)c4cc(NC(=O)[C@@H](N)CCCCN)ccc4OC)ccc3OC)ccc2OC)cc1C(N)=O. The van der Waals surface area contributed by atoms with Gasteiger partial charge >= 0.3 is 0 Å². The molecule has 416 valence electrons. The first-order valence-corrected chi connectivity index (χ1v) is 25.0. The summed E-state index contributed by atoms with van der Waals surface area (Å²) in [6.07, 6.45) is 4.24. The first-order chi connectivity index (χ1) is 36.9. The monoisotopic (exact) mass is 1070 g/mol. The molecule has 8 amide bonds. The second-order valence-electron chi connectivity index (χ2n) is 17.7. The maximum Gasteiger partial charge on any atom is 0.255 e. The Morgan fingerprint density at radius 1 is 0.429 bits per heavy atom. The van der Waals surface area contributed by atoms with Gasteiger partial charge in [-0.05, 0) is 151 Å². The first-order valence-electron chi connectivity index (χ1n) is 25.0. The maximum atomic E-state index is 13.9. The van der Waals surface area contributed by atoms with Crippen LogP contribution in [0.2, 0.25) is 0 Å². The Bertz CT molecular complexity index is 2720. The lowest BCUT2D eigenvalue weighted by atomic mass is 10.1. The molecule has 0 unspecified atom stereocenters. The number of amides is 8. The van der Waals surface area contributed by atoms with Gasteiger partial charge in [0.25, 0.3) is 23.6 Å². The summed E-state index contributed by atoms with van der Waals surface area (Å²) in [7, 11) is 5.42. The normalized spacial score (nSPS) is 12.3. The van der Waals surface area contributed by atoms with Crippen LogP contribution in [0.3, 0.4) is 0 Å². The summed E-state index contributed by atoms with van der Waals surface area (Å²) in [5.41, 5.74) is 29.4. The van der Waals surface area contributed by atoms with Crippen LogP contribution in [0.25, 0.3) is 0 Å². The Hall–Kier alpha value is -8.32. The zero-order valence-electron chi connectivity index (χ0n) is 44.0. The van der Waals surface area contributed by atoms with E-state index in [-0.39, 0.29) is 80.8 Å². The van der Waals surface area contributed by atoms with Gasteiger partial charge in [0, 0.05) is 22.7 Å². The highest BCUT2D eigenvalue weighted by atomic mass is 16.5. The van der Waals surface area contributed by atoms with Gasteiger partial charge in [-0.2, -0.15) is 0 Å². The predicted octanol–water partition coefficient (Wildman–Crippen LogP) is 2.70. The number of anilines is 4. The van der Waals surface area contributed by atoms with Crippen molar-refractivity contribution in [1.82, 2.24) is 16.0 Å². The highest BCUT2D eigenvalue weighted by Crippen LogP contribution is 2.28. The van der Waals surface area contributed by atoms with E-state index in [9.17, 15) is 38.4 Å². The summed E-state index contributed by atoms with van der Waals surface area (Å²) in [6, 6.07) is 13.2. The second kappa shape index (κ2) is 30.9. The number of hydrogen-bond donors (Lipinski definition) is 12. The summed E-state index contributed by atoms with van der Waals surface area (Å²) < 4.78 is 21.5. The van der Waals surface area contributed by atoms with E-state index in [1.165, 1.54) is 102 Å². The van der Waals surface area contributed by atoms with Gasteiger partial charge in [0.2, 0.25) is 23.6 Å². The lowest BCUT2D eigenvalue weighted by molar-refractivity contribution is -0.118. The fourth-order valence-corrected chi connectivity index (χ4v) is 7.79. The van der Waals surface area contributed by atoms with E-state index in [1.54, 1.807) is 6.07 Å². The minimum atomic E-state index is -1.18. The van der Waals surface area contributed by atoms with Gasteiger partial charge in [-0.15, -0.1) is 0 Å². The molecular weight excluding hydrogens is 997 g/mol. The highest BCUT2D eigenvalue weighted by molar-refractivity contribution is 6.07. The van der Waals surface area contributed by atoms with E-state index in [0.717, 1.165) is 0 Å². The average molecular weight is 1070 g/mol. The number of nitrogens with one attached hydrogen (secondary N) is 7. The molecule has 17 N–H and O–H groups in total. The fourth-order valence-electron chi connectivity index (χ4n) is 7.79. The quantitative estimate of drug-likeness (QED) is 0.0322. The molecule has 0 saturated heterocycles. The van der Waals surface area contributed by atoms with Crippen LogP contribution in [0.1, 0.15) is 106 Å². The number of ether oxygens (including phenoxy) is 4. The van der Waals surface area contributed by atoms with Crippen LogP contribution in [0.5, 0.6) is 23.0 Å². The molecule has 0 aliphatic rings. The van der Waals surface area contributed by atoms with Crippen LogP contribution in [0.15, 0.2) is 72.8 Å². The molecule has 4 aromatic carbocycles. The molecule has 0 aliphatic carbocycles. The standard InChI is InChI=1S/C53H72N12O12/c1-30(47(67)60-32-16-20-44(76-4)37(27-32)49(69)64-40(13-7-10-24-55)52(72)62-31-15-19-42(74-2)35(26-31)46(58)66)59-48(68)36-29-34(18-22-43(36)75-3)63-53(73)41(14-8-11-25-56)65-50(70)38-28-33(17-21-45(38)77-5)61-51(71)39(57)12-6-9-23-54/h15-22,26-30,39-41H,6-14,23-25,54-57H2,1-5H3,(H2,58,66)(H,59,68)(H,60,67)(H,61,71)(H,62,72)(H,63,73)(H,64,69)(H,65,70)/t30-,39-,40-,41-/m0/s1. The Balaban J connectivity index is 1.47. The van der Waals surface area contributed by atoms with Crippen molar-refractivity contribution in [3.05, 3.63) is 95.1 Å². The molecule has 4 atom stereocenters. The van der Waals surface area contributed by atoms with Gasteiger partial charge in [0.05, 0.1) is 56.7 Å². The van der Waals surface area contributed by atoms with Crippen molar-refractivity contribution in [3.63, 3.8) is 0 Å². The number of primary amides is 1. The molecule has 0 fully saturated rings. The number of hydrogen-bond acceptors (Lipinski definition) is 16. The Kier molecular flexibility index (Phi) is 24.6. The molecule has 0 aliphatic heterocycles. The second-order valence-corrected chi connectivity index (χ2v) is 17.7. The van der Waals surface area contributed by atoms with Gasteiger partial charge in [-0.3, -0.25) is 38.4 Å². The maximum absolute atomic E-state index is 13.9. The van der Waals surface area contributed by atoms with Crippen LogP contribution in [0.4, 0.5) is 22.7 Å². The average Bonchev–Trinajstić information content (AvgIpc) is 3.42. The third kappa shape index (κ3) is 18.2. The molecule has 0 aromatic heterocycles. The molecule has 0 bridgehead atoms. The van der Waals surface area contributed by atoms with Crippen molar-refractivity contribution >= 4 is 70.0 Å². The number of benzene rings is 4. The molecular formula is C53H72N12O12. The molecule has 4 aromatic rings. The molecule has 0 spiro atoms. The lowest BCUT2D eigenvalue weighted by Crippen LogP contribution is -2.44. The Morgan fingerprint density at radius 3 is 1.09 bits per heavy atom. The Labute approximate surface area is 446 Å².